The van der Waals surface area contributed by atoms with Crippen LogP contribution in [0.15, 0.2) is 47.0 Å². The minimum Gasteiger partial charge on any atom is -0.355 e. The van der Waals surface area contributed by atoms with Crippen LogP contribution >= 0.6 is 0 Å². The van der Waals surface area contributed by atoms with Gasteiger partial charge in [-0.1, -0.05) is 23.4 Å². The largest absolute Gasteiger partial charge is 0.355 e. The van der Waals surface area contributed by atoms with Gasteiger partial charge in [-0.2, -0.15) is 0 Å². The lowest BCUT2D eigenvalue weighted by Gasteiger charge is -2.05. The molecule has 122 valence electrons. The number of rotatable bonds is 3. The highest BCUT2D eigenvalue weighted by atomic mass is 19.1. The van der Waals surface area contributed by atoms with Crippen molar-refractivity contribution in [2.45, 2.75) is 20.8 Å². The molecule has 0 aliphatic carbocycles. The van der Waals surface area contributed by atoms with Gasteiger partial charge in [0.1, 0.15) is 5.82 Å². The highest BCUT2D eigenvalue weighted by Gasteiger charge is 2.15. The van der Waals surface area contributed by atoms with Crippen molar-refractivity contribution in [2.75, 3.05) is 5.32 Å². The van der Waals surface area contributed by atoms with Gasteiger partial charge in [0, 0.05) is 17.3 Å². The molecule has 24 heavy (non-hydrogen) atoms. The maximum absolute atomic E-state index is 13.6. The maximum Gasteiger partial charge on any atom is 0.277 e. The van der Waals surface area contributed by atoms with Crippen LogP contribution in [0.5, 0.6) is 0 Å². The first kappa shape index (κ1) is 15.9. The highest BCUT2D eigenvalue weighted by Crippen LogP contribution is 2.23. The van der Waals surface area contributed by atoms with Crippen LogP contribution in [-0.4, -0.2) is 11.1 Å². The lowest BCUT2D eigenvalue weighted by molar-refractivity contribution is 0.101. The molecule has 3 rings (SSSR count). The number of carbonyl (C=O) groups is 1. The van der Waals surface area contributed by atoms with E-state index in [1.807, 2.05) is 32.0 Å². The van der Waals surface area contributed by atoms with E-state index < -0.39 is 0 Å². The summed E-state index contributed by atoms with van der Waals surface area (Å²) in [6.07, 6.45) is 0. The van der Waals surface area contributed by atoms with Gasteiger partial charge in [-0.15, -0.1) is 0 Å². The Kier molecular flexibility index (Phi) is 4.16. The van der Waals surface area contributed by atoms with Crippen LogP contribution < -0.4 is 5.32 Å². The third-order valence-corrected chi connectivity index (χ3v) is 3.96. The predicted octanol–water partition coefficient (Wildman–Crippen LogP) is 4.66. The lowest BCUT2D eigenvalue weighted by Crippen LogP contribution is -2.12. The first-order valence-corrected chi connectivity index (χ1v) is 7.56. The number of amides is 1. The van der Waals surface area contributed by atoms with E-state index in [4.69, 9.17) is 4.52 Å². The van der Waals surface area contributed by atoms with Gasteiger partial charge in [-0.05, 0) is 55.7 Å². The summed E-state index contributed by atoms with van der Waals surface area (Å²) in [5.41, 5.74) is 4.15. The third-order valence-electron chi connectivity index (χ3n) is 3.96. The minimum absolute atomic E-state index is 0.143. The van der Waals surface area contributed by atoms with Gasteiger partial charge in [0.15, 0.2) is 11.5 Å². The number of halogens is 1. The summed E-state index contributed by atoms with van der Waals surface area (Å²) in [5, 5.41) is 6.55. The summed E-state index contributed by atoms with van der Waals surface area (Å²) in [5.74, 6) is -0.356. The van der Waals surface area contributed by atoms with Crippen molar-refractivity contribution in [1.82, 2.24) is 5.16 Å². The number of carbonyl (C=O) groups excluding carboxylic acids is 1. The molecule has 0 radical (unpaired) electrons. The Bertz CT molecular complexity index is 915. The van der Waals surface area contributed by atoms with E-state index in [0.29, 0.717) is 22.6 Å². The quantitative estimate of drug-likeness (QED) is 0.762. The van der Waals surface area contributed by atoms with Gasteiger partial charge in [0.2, 0.25) is 0 Å². The van der Waals surface area contributed by atoms with Crippen LogP contribution in [-0.2, 0) is 0 Å². The van der Waals surface area contributed by atoms with Gasteiger partial charge in [-0.25, -0.2) is 4.39 Å². The molecule has 0 bridgehead atoms. The van der Waals surface area contributed by atoms with Gasteiger partial charge < -0.3 is 9.84 Å². The van der Waals surface area contributed by atoms with Crippen molar-refractivity contribution < 1.29 is 13.7 Å². The molecule has 3 aromatic rings. The smallest absolute Gasteiger partial charge is 0.277 e. The molecule has 0 saturated heterocycles. The Morgan fingerprint density at radius 2 is 1.75 bits per heavy atom. The molecule has 0 unspecified atom stereocenters. The first-order chi connectivity index (χ1) is 11.4. The Hall–Kier alpha value is -2.95. The fourth-order valence-electron chi connectivity index (χ4n) is 2.28. The van der Waals surface area contributed by atoms with Crippen LogP contribution in [0, 0.1) is 26.6 Å². The number of aryl methyl sites for hydroxylation is 3. The zero-order valence-electron chi connectivity index (χ0n) is 13.7. The Morgan fingerprint density at radius 3 is 2.46 bits per heavy atom. The summed E-state index contributed by atoms with van der Waals surface area (Å²) in [6, 6.07) is 11.9. The van der Waals surface area contributed by atoms with E-state index >= 15 is 0 Å². The number of aromatic nitrogens is 1. The second kappa shape index (κ2) is 6.28. The number of anilines is 1. The van der Waals surface area contributed by atoms with Gasteiger partial charge in [-0.3, -0.25) is 4.79 Å². The predicted molar refractivity (Wildman–Crippen MR) is 90.5 cm³/mol. The molecule has 0 saturated carbocycles. The summed E-state index contributed by atoms with van der Waals surface area (Å²) >= 11 is 0. The number of nitrogens with zero attached hydrogens (tertiary/aromatic N) is 1. The summed E-state index contributed by atoms with van der Waals surface area (Å²) < 4.78 is 18.8. The van der Waals surface area contributed by atoms with E-state index in [-0.39, 0.29) is 17.4 Å². The minimum atomic E-state index is -0.374. The Morgan fingerprint density at radius 1 is 1.00 bits per heavy atom. The standard InChI is InChI=1S/C19H17FN2O2/c1-11-5-7-15(8-13(11)3)21-19(23)17-10-18(24-22-17)14-6-4-12(2)16(20)9-14/h4-10H,1-3H3,(H,21,23). The normalized spacial score (nSPS) is 10.7. The maximum atomic E-state index is 13.6. The van der Waals surface area contributed by atoms with Gasteiger partial charge in [0.05, 0.1) is 0 Å². The summed E-state index contributed by atoms with van der Waals surface area (Å²) in [4.78, 5) is 12.3. The number of nitrogens with one attached hydrogen (secondary N) is 1. The van der Waals surface area contributed by atoms with Crippen molar-refractivity contribution in [3.05, 3.63) is 70.7 Å². The lowest BCUT2D eigenvalue weighted by atomic mass is 10.1. The topological polar surface area (TPSA) is 55.1 Å². The molecule has 0 aliphatic heterocycles. The molecule has 0 atom stereocenters. The molecule has 0 aliphatic rings. The van der Waals surface area contributed by atoms with Gasteiger partial charge in [0.25, 0.3) is 5.91 Å². The van der Waals surface area contributed by atoms with Crippen molar-refractivity contribution in [3.8, 4) is 11.3 Å². The van der Waals surface area contributed by atoms with E-state index in [9.17, 15) is 9.18 Å². The molecule has 1 amide bonds. The molecule has 0 fully saturated rings. The summed E-state index contributed by atoms with van der Waals surface area (Å²) in [7, 11) is 0. The van der Waals surface area contributed by atoms with Crippen molar-refractivity contribution in [1.29, 1.82) is 0 Å². The fraction of sp³-hybridized carbons (Fsp3) is 0.158. The van der Waals surface area contributed by atoms with E-state index in [2.05, 4.69) is 10.5 Å². The molecule has 0 spiro atoms. The summed E-state index contributed by atoms with van der Waals surface area (Å²) in [6.45, 7) is 5.67. The Balaban J connectivity index is 1.80. The van der Waals surface area contributed by atoms with Crippen LogP contribution in [0.1, 0.15) is 27.2 Å². The van der Waals surface area contributed by atoms with Crippen molar-refractivity contribution >= 4 is 11.6 Å². The molecule has 5 heteroatoms. The monoisotopic (exact) mass is 324 g/mol. The van der Waals surface area contributed by atoms with Crippen LogP contribution in [0.2, 0.25) is 0 Å². The van der Waals surface area contributed by atoms with Crippen LogP contribution in [0.25, 0.3) is 11.3 Å². The van der Waals surface area contributed by atoms with Crippen molar-refractivity contribution in [2.24, 2.45) is 0 Å². The number of hydrogen-bond acceptors (Lipinski definition) is 3. The van der Waals surface area contributed by atoms with E-state index in [1.54, 1.807) is 19.1 Å². The van der Waals surface area contributed by atoms with E-state index in [0.717, 1.165) is 11.1 Å². The van der Waals surface area contributed by atoms with Crippen LogP contribution in [0.3, 0.4) is 0 Å². The zero-order chi connectivity index (χ0) is 17.3. The molecular weight excluding hydrogens is 307 g/mol. The average molecular weight is 324 g/mol. The highest BCUT2D eigenvalue weighted by molar-refractivity contribution is 6.03. The molecule has 1 aromatic heterocycles. The van der Waals surface area contributed by atoms with Gasteiger partial charge >= 0.3 is 0 Å². The molecular formula is C19H17FN2O2. The average Bonchev–Trinajstić information content (AvgIpc) is 3.04. The number of hydrogen-bond donors (Lipinski definition) is 1. The zero-order valence-corrected chi connectivity index (χ0v) is 13.7. The second-order valence-electron chi connectivity index (χ2n) is 5.79. The molecule has 2 aromatic carbocycles. The third kappa shape index (κ3) is 3.20. The van der Waals surface area contributed by atoms with Crippen LogP contribution in [0.4, 0.5) is 10.1 Å². The molecule has 1 N–H and O–H groups in total. The molecule has 1 heterocycles. The number of benzene rings is 2. The second-order valence-corrected chi connectivity index (χ2v) is 5.79. The first-order valence-electron chi connectivity index (χ1n) is 7.56. The van der Waals surface area contributed by atoms with E-state index in [1.165, 1.54) is 12.1 Å². The SMILES string of the molecule is Cc1ccc(NC(=O)c2cc(-c3ccc(C)c(F)c3)on2)cc1C. The van der Waals surface area contributed by atoms with Crippen molar-refractivity contribution in [3.63, 3.8) is 0 Å². The fourth-order valence-corrected chi connectivity index (χ4v) is 2.28. The Labute approximate surface area is 139 Å². The molecule has 4 nitrogen and oxygen atoms in total.